The van der Waals surface area contributed by atoms with Crippen LogP contribution in [0.3, 0.4) is 0 Å². The van der Waals surface area contributed by atoms with Crippen molar-refractivity contribution in [3.8, 4) is 0 Å². The highest BCUT2D eigenvalue weighted by Gasteiger charge is 2.15. The molecule has 1 aromatic heterocycles. The van der Waals surface area contributed by atoms with Gasteiger partial charge in [0.1, 0.15) is 13.2 Å². The topological polar surface area (TPSA) is 81.8 Å². The average molecular weight is 274 g/mol. The predicted molar refractivity (Wildman–Crippen MR) is 71.1 cm³/mol. The molecule has 2 aromatic rings. The van der Waals surface area contributed by atoms with Crippen LogP contribution in [-0.4, -0.2) is 11.4 Å². The number of nitroso groups, excluding NO2 is 1. The van der Waals surface area contributed by atoms with E-state index in [1.165, 1.54) is 0 Å². The predicted octanol–water partition coefficient (Wildman–Crippen LogP) is 2.78. The van der Waals surface area contributed by atoms with Crippen molar-refractivity contribution in [1.29, 1.82) is 0 Å². The lowest BCUT2D eigenvalue weighted by Gasteiger charge is -2.04. The molecular formula is C14H14N2O4. The number of carbonyl (C=O) groups excluding carboxylic acids is 1. The number of ether oxygens (including phenoxy) is 1. The summed E-state index contributed by atoms with van der Waals surface area (Å²) in [6.07, 6.45) is 0.536. The fraction of sp³-hybridized carbons (Fsp3) is 0.286. The molecule has 20 heavy (non-hydrogen) atoms. The van der Waals surface area contributed by atoms with E-state index in [2.05, 4.69) is 10.3 Å². The number of rotatable bonds is 7. The van der Waals surface area contributed by atoms with Gasteiger partial charge in [0, 0.05) is 0 Å². The lowest BCUT2D eigenvalue weighted by molar-refractivity contribution is 0.0875. The highest BCUT2D eigenvalue weighted by atomic mass is 16.5. The fourth-order valence-electron chi connectivity index (χ4n) is 1.86. The first-order valence-electron chi connectivity index (χ1n) is 6.09. The normalized spacial score (nSPS) is 10.4. The second-order valence-electron chi connectivity index (χ2n) is 4.36. The Kier molecular flexibility index (Phi) is 4.73. The van der Waals surface area contributed by atoms with Gasteiger partial charge in [0.2, 0.25) is 0 Å². The van der Waals surface area contributed by atoms with E-state index in [4.69, 9.17) is 9.26 Å². The van der Waals surface area contributed by atoms with Crippen molar-refractivity contribution in [1.82, 2.24) is 5.16 Å². The van der Waals surface area contributed by atoms with Gasteiger partial charge in [-0.15, -0.1) is 0 Å². The Morgan fingerprint density at radius 1 is 1.40 bits per heavy atom. The molecule has 0 fully saturated rings. The van der Waals surface area contributed by atoms with Gasteiger partial charge in [-0.1, -0.05) is 40.2 Å². The third-order valence-electron chi connectivity index (χ3n) is 2.82. The van der Waals surface area contributed by atoms with Gasteiger partial charge in [-0.05, 0) is 12.5 Å². The monoisotopic (exact) mass is 274 g/mol. The van der Waals surface area contributed by atoms with Crippen molar-refractivity contribution in [3.63, 3.8) is 0 Å². The molecule has 0 bridgehead atoms. The molecule has 1 aromatic carbocycles. The summed E-state index contributed by atoms with van der Waals surface area (Å²) in [4.78, 5) is 21.1. The number of hydrogen-bond donors (Lipinski definition) is 0. The SMILES string of the molecule is Cc1cccc(COCc2onc(C=O)c2CN=O)c1. The summed E-state index contributed by atoms with van der Waals surface area (Å²) in [5.41, 5.74) is 2.67. The van der Waals surface area contributed by atoms with E-state index in [0.29, 0.717) is 24.2 Å². The second-order valence-corrected chi connectivity index (χ2v) is 4.36. The zero-order valence-electron chi connectivity index (χ0n) is 11.0. The first-order chi connectivity index (χ1) is 9.74. The first-order valence-corrected chi connectivity index (χ1v) is 6.09. The Bertz CT molecular complexity index is 607. The van der Waals surface area contributed by atoms with E-state index >= 15 is 0 Å². The summed E-state index contributed by atoms with van der Waals surface area (Å²) in [7, 11) is 0. The third kappa shape index (κ3) is 3.36. The standard InChI is InChI=1S/C14H14N2O4/c1-10-3-2-4-11(5-10)8-19-9-14-12(6-15-18)13(7-17)16-20-14/h2-5,7H,6,8-9H2,1H3. The maximum atomic E-state index is 10.7. The van der Waals surface area contributed by atoms with Crippen molar-refractivity contribution in [2.24, 2.45) is 5.18 Å². The molecule has 0 N–H and O–H groups in total. The highest BCUT2D eigenvalue weighted by molar-refractivity contribution is 5.74. The van der Waals surface area contributed by atoms with E-state index in [9.17, 15) is 9.70 Å². The molecule has 104 valence electrons. The van der Waals surface area contributed by atoms with Crippen LogP contribution in [-0.2, 0) is 24.5 Å². The molecule has 0 aliphatic rings. The van der Waals surface area contributed by atoms with Crippen LogP contribution in [0.4, 0.5) is 0 Å². The summed E-state index contributed by atoms with van der Waals surface area (Å²) < 4.78 is 10.5. The Hall–Kier alpha value is -2.34. The molecule has 2 rings (SSSR count). The molecule has 1 heterocycles. The Morgan fingerprint density at radius 3 is 2.95 bits per heavy atom. The van der Waals surface area contributed by atoms with Crippen molar-refractivity contribution >= 4 is 6.29 Å². The second kappa shape index (κ2) is 6.72. The summed E-state index contributed by atoms with van der Waals surface area (Å²) in [6.45, 7) is 2.40. The fourth-order valence-corrected chi connectivity index (χ4v) is 1.86. The Balaban J connectivity index is 1.98. The molecule has 0 aliphatic carbocycles. The summed E-state index contributed by atoms with van der Waals surface area (Å²) in [5, 5.41) is 6.33. The molecule has 0 aliphatic heterocycles. The van der Waals surface area contributed by atoms with Crippen molar-refractivity contribution < 1.29 is 14.1 Å². The van der Waals surface area contributed by atoms with Gasteiger partial charge in [0.05, 0.1) is 12.2 Å². The minimum absolute atomic E-state index is 0.0961. The summed E-state index contributed by atoms with van der Waals surface area (Å²) in [5.74, 6) is 0.361. The van der Waals surface area contributed by atoms with Crippen molar-refractivity contribution in [2.45, 2.75) is 26.7 Å². The van der Waals surface area contributed by atoms with Crippen LogP contribution in [0, 0.1) is 11.8 Å². The number of aldehydes is 1. The van der Waals surface area contributed by atoms with E-state index in [1.807, 2.05) is 31.2 Å². The molecule has 6 nitrogen and oxygen atoms in total. The molecule has 0 saturated heterocycles. The van der Waals surface area contributed by atoms with Crippen LogP contribution >= 0.6 is 0 Å². The number of aryl methyl sites for hydroxylation is 1. The minimum Gasteiger partial charge on any atom is -0.369 e. The van der Waals surface area contributed by atoms with Gasteiger partial charge < -0.3 is 9.26 Å². The maximum absolute atomic E-state index is 10.7. The van der Waals surface area contributed by atoms with E-state index in [1.54, 1.807) is 0 Å². The molecule has 0 spiro atoms. The van der Waals surface area contributed by atoms with E-state index in [-0.39, 0.29) is 18.8 Å². The third-order valence-corrected chi connectivity index (χ3v) is 2.82. The zero-order chi connectivity index (χ0) is 14.4. The van der Waals surface area contributed by atoms with E-state index in [0.717, 1.165) is 11.1 Å². The average Bonchev–Trinajstić information content (AvgIpc) is 2.82. The molecule has 0 unspecified atom stereocenters. The molecule has 6 heteroatoms. The summed E-state index contributed by atoms with van der Waals surface area (Å²) in [6, 6.07) is 7.93. The van der Waals surface area contributed by atoms with Gasteiger partial charge in [-0.3, -0.25) is 4.79 Å². The number of carbonyl (C=O) groups is 1. The molecular weight excluding hydrogens is 260 g/mol. The van der Waals surface area contributed by atoms with Crippen LogP contribution < -0.4 is 0 Å². The quantitative estimate of drug-likeness (QED) is 0.572. The maximum Gasteiger partial charge on any atom is 0.172 e. The largest absolute Gasteiger partial charge is 0.369 e. The minimum atomic E-state index is -0.152. The molecule has 0 amide bonds. The summed E-state index contributed by atoms with van der Waals surface area (Å²) >= 11 is 0. The molecule has 0 atom stereocenters. The Labute approximate surface area is 115 Å². The van der Waals surface area contributed by atoms with Gasteiger partial charge in [-0.2, -0.15) is 4.91 Å². The van der Waals surface area contributed by atoms with Crippen LogP contribution in [0.5, 0.6) is 0 Å². The van der Waals surface area contributed by atoms with Crippen molar-refractivity contribution in [3.05, 3.63) is 57.3 Å². The molecule has 0 radical (unpaired) electrons. The van der Waals surface area contributed by atoms with Crippen LogP contribution in [0.1, 0.15) is 32.9 Å². The lowest BCUT2D eigenvalue weighted by atomic mass is 10.1. The zero-order valence-corrected chi connectivity index (χ0v) is 11.0. The molecule has 0 saturated carbocycles. The van der Waals surface area contributed by atoms with Crippen molar-refractivity contribution in [2.75, 3.05) is 0 Å². The smallest absolute Gasteiger partial charge is 0.172 e. The number of benzene rings is 1. The number of aromatic nitrogens is 1. The van der Waals surface area contributed by atoms with Crippen LogP contribution in [0.15, 0.2) is 34.0 Å². The van der Waals surface area contributed by atoms with E-state index < -0.39 is 0 Å². The highest BCUT2D eigenvalue weighted by Crippen LogP contribution is 2.16. The van der Waals surface area contributed by atoms with Gasteiger partial charge in [0.25, 0.3) is 0 Å². The van der Waals surface area contributed by atoms with Gasteiger partial charge in [0.15, 0.2) is 17.7 Å². The van der Waals surface area contributed by atoms with Crippen LogP contribution in [0.25, 0.3) is 0 Å². The first kappa shape index (κ1) is 14.1. The van der Waals surface area contributed by atoms with Gasteiger partial charge in [-0.25, -0.2) is 0 Å². The number of hydrogen-bond acceptors (Lipinski definition) is 6. The number of nitrogens with zero attached hydrogens (tertiary/aromatic N) is 2. The van der Waals surface area contributed by atoms with Crippen LogP contribution in [0.2, 0.25) is 0 Å². The van der Waals surface area contributed by atoms with Gasteiger partial charge >= 0.3 is 0 Å². The Morgan fingerprint density at radius 2 is 2.25 bits per heavy atom. The lowest BCUT2D eigenvalue weighted by Crippen LogP contribution is -1.97.